The SMILES string of the molecule is CN(C(=O)C(=[N+]=[N-])c1ccc([N+](=O)[O-])cc1)C(=O)c1ccccc1. The van der Waals surface area contributed by atoms with Gasteiger partial charge in [0.1, 0.15) is 0 Å². The molecular formula is C16H12N4O4. The van der Waals surface area contributed by atoms with Crippen LogP contribution in [0.25, 0.3) is 5.53 Å². The highest BCUT2D eigenvalue weighted by molar-refractivity contribution is 6.45. The molecule has 0 aliphatic carbocycles. The number of nitrogens with zero attached hydrogens (tertiary/aromatic N) is 4. The topological polar surface area (TPSA) is 117 Å². The van der Waals surface area contributed by atoms with Crippen molar-refractivity contribution in [3.63, 3.8) is 0 Å². The average Bonchev–Trinajstić information content (AvgIpc) is 2.62. The highest BCUT2D eigenvalue weighted by Crippen LogP contribution is 2.13. The molecule has 0 fully saturated rings. The van der Waals surface area contributed by atoms with Crippen LogP contribution in [0, 0.1) is 10.1 Å². The van der Waals surface area contributed by atoms with Crippen LogP contribution in [0.2, 0.25) is 0 Å². The second kappa shape index (κ2) is 7.08. The lowest BCUT2D eigenvalue weighted by molar-refractivity contribution is -0.384. The third kappa shape index (κ3) is 3.40. The number of hydrogen-bond donors (Lipinski definition) is 0. The van der Waals surface area contributed by atoms with Crippen LogP contribution >= 0.6 is 0 Å². The van der Waals surface area contributed by atoms with E-state index in [-0.39, 0.29) is 11.3 Å². The summed E-state index contributed by atoms with van der Waals surface area (Å²) in [5.41, 5.74) is 9.02. The maximum atomic E-state index is 12.4. The molecule has 0 bridgehead atoms. The van der Waals surface area contributed by atoms with Crippen molar-refractivity contribution in [2.24, 2.45) is 0 Å². The number of non-ortho nitro benzene ring substituents is 1. The fourth-order valence-corrected chi connectivity index (χ4v) is 1.99. The van der Waals surface area contributed by atoms with Gasteiger partial charge in [0.2, 0.25) is 0 Å². The standard InChI is InChI=1S/C16H12N4O4/c1-19(15(21)12-5-3-2-4-6-12)16(22)14(18-17)11-7-9-13(10-8-11)20(23)24/h2-10H,1H3. The number of rotatable bonds is 4. The molecule has 0 aliphatic heterocycles. The molecule has 0 atom stereocenters. The number of imide groups is 1. The van der Waals surface area contributed by atoms with E-state index in [0.717, 1.165) is 4.90 Å². The molecule has 0 heterocycles. The summed E-state index contributed by atoms with van der Waals surface area (Å²) in [7, 11) is 1.26. The summed E-state index contributed by atoms with van der Waals surface area (Å²) < 4.78 is 0. The number of hydrogen-bond acceptors (Lipinski definition) is 4. The van der Waals surface area contributed by atoms with Crippen LogP contribution < -0.4 is 0 Å². The molecule has 0 unspecified atom stereocenters. The molecule has 2 amide bonds. The molecule has 8 heteroatoms. The summed E-state index contributed by atoms with van der Waals surface area (Å²) in [6.45, 7) is 0. The van der Waals surface area contributed by atoms with Gasteiger partial charge in [0.15, 0.2) is 0 Å². The van der Waals surface area contributed by atoms with Crippen molar-refractivity contribution in [2.45, 2.75) is 0 Å². The number of amides is 2. The van der Waals surface area contributed by atoms with Crippen LogP contribution in [0.3, 0.4) is 0 Å². The maximum Gasteiger partial charge on any atom is 0.387 e. The molecule has 0 saturated heterocycles. The Hall–Kier alpha value is -3.64. The Morgan fingerprint density at radius 3 is 2.12 bits per heavy atom. The van der Waals surface area contributed by atoms with E-state index in [9.17, 15) is 19.7 Å². The Bertz CT molecular complexity index is 840. The van der Waals surface area contributed by atoms with Crippen LogP contribution in [-0.4, -0.2) is 39.2 Å². The molecule has 0 N–H and O–H groups in total. The maximum absolute atomic E-state index is 12.4. The van der Waals surface area contributed by atoms with E-state index in [1.807, 2.05) is 0 Å². The lowest BCUT2D eigenvalue weighted by atomic mass is 10.1. The molecule has 0 radical (unpaired) electrons. The number of benzene rings is 2. The zero-order chi connectivity index (χ0) is 17.7. The number of carbonyl (C=O) groups excluding carboxylic acids is 2. The van der Waals surface area contributed by atoms with E-state index in [1.54, 1.807) is 30.3 Å². The molecule has 0 aromatic heterocycles. The highest BCUT2D eigenvalue weighted by atomic mass is 16.6. The summed E-state index contributed by atoms with van der Waals surface area (Å²) >= 11 is 0. The third-order valence-corrected chi connectivity index (χ3v) is 3.28. The molecule has 2 rings (SSSR count). The van der Waals surface area contributed by atoms with Crippen LogP contribution in [0.4, 0.5) is 5.69 Å². The van der Waals surface area contributed by atoms with Gasteiger partial charge >= 0.3 is 11.6 Å². The van der Waals surface area contributed by atoms with Crippen molar-refractivity contribution in [1.29, 1.82) is 0 Å². The Morgan fingerprint density at radius 2 is 1.62 bits per heavy atom. The van der Waals surface area contributed by atoms with Gasteiger partial charge in [0, 0.05) is 24.7 Å². The molecule has 8 nitrogen and oxygen atoms in total. The number of nitro groups is 1. The minimum absolute atomic E-state index is 0.154. The molecule has 2 aromatic rings. The van der Waals surface area contributed by atoms with E-state index in [1.165, 1.54) is 31.3 Å². The molecule has 0 saturated carbocycles. The normalized spacial score (nSPS) is 9.71. The molecule has 24 heavy (non-hydrogen) atoms. The highest BCUT2D eigenvalue weighted by Gasteiger charge is 2.30. The van der Waals surface area contributed by atoms with E-state index in [2.05, 4.69) is 4.79 Å². The van der Waals surface area contributed by atoms with Crippen LogP contribution in [0.15, 0.2) is 54.6 Å². The van der Waals surface area contributed by atoms with Gasteiger partial charge in [-0.1, -0.05) is 18.2 Å². The Morgan fingerprint density at radius 1 is 1.04 bits per heavy atom. The largest absolute Gasteiger partial charge is 0.387 e. The quantitative estimate of drug-likeness (QED) is 0.281. The second-order valence-electron chi connectivity index (χ2n) is 4.79. The second-order valence-corrected chi connectivity index (χ2v) is 4.79. The van der Waals surface area contributed by atoms with Crippen LogP contribution in [-0.2, 0) is 4.79 Å². The number of likely N-dealkylation sites (N-methyl/N-ethyl adjacent to an activating group) is 1. The predicted molar refractivity (Wildman–Crippen MR) is 84.4 cm³/mol. The van der Waals surface area contributed by atoms with Crippen LogP contribution in [0.1, 0.15) is 15.9 Å². The summed E-state index contributed by atoms with van der Waals surface area (Å²) in [6, 6.07) is 13.0. The number of carbonyl (C=O) groups is 2. The molecule has 2 aromatic carbocycles. The van der Waals surface area contributed by atoms with Gasteiger partial charge in [-0.3, -0.25) is 24.6 Å². The molecule has 0 aliphatic rings. The first kappa shape index (κ1) is 16.7. The van der Waals surface area contributed by atoms with Gasteiger partial charge in [-0.25, -0.2) is 0 Å². The van der Waals surface area contributed by atoms with Crippen molar-refractivity contribution in [2.75, 3.05) is 7.05 Å². The van der Waals surface area contributed by atoms with E-state index in [0.29, 0.717) is 5.56 Å². The van der Waals surface area contributed by atoms with E-state index >= 15 is 0 Å². The van der Waals surface area contributed by atoms with Crippen molar-refractivity contribution in [3.8, 4) is 0 Å². The zero-order valence-corrected chi connectivity index (χ0v) is 12.6. The fraction of sp³-hybridized carbons (Fsp3) is 0.0625. The lowest BCUT2D eigenvalue weighted by Crippen LogP contribution is -2.39. The fourth-order valence-electron chi connectivity index (χ4n) is 1.99. The van der Waals surface area contributed by atoms with Gasteiger partial charge in [0.25, 0.3) is 11.6 Å². The van der Waals surface area contributed by atoms with Crippen molar-refractivity contribution in [3.05, 3.63) is 81.4 Å². The van der Waals surface area contributed by atoms with E-state index in [4.69, 9.17) is 5.53 Å². The first-order chi connectivity index (χ1) is 11.5. The summed E-state index contributed by atoms with van der Waals surface area (Å²) in [6.07, 6.45) is 0. The van der Waals surface area contributed by atoms with Gasteiger partial charge in [0.05, 0.1) is 10.5 Å². The lowest BCUT2D eigenvalue weighted by Gasteiger charge is -2.12. The first-order valence-corrected chi connectivity index (χ1v) is 6.80. The number of nitro benzene ring substituents is 1. The summed E-state index contributed by atoms with van der Waals surface area (Å²) in [5, 5.41) is 10.6. The van der Waals surface area contributed by atoms with Crippen molar-refractivity contribution in [1.82, 2.24) is 4.90 Å². The van der Waals surface area contributed by atoms with E-state index < -0.39 is 22.4 Å². The summed E-state index contributed by atoms with van der Waals surface area (Å²) in [4.78, 5) is 38.4. The smallest absolute Gasteiger partial charge is 0.361 e. The van der Waals surface area contributed by atoms with Gasteiger partial charge in [-0.2, -0.15) is 4.79 Å². The average molecular weight is 324 g/mol. The Kier molecular flexibility index (Phi) is 4.93. The zero-order valence-electron chi connectivity index (χ0n) is 12.6. The Labute approximate surface area is 136 Å². The first-order valence-electron chi connectivity index (χ1n) is 6.80. The molecule has 0 spiro atoms. The Balaban J connectivity index is 2.27. The monoisotopic (exact) mass is 324 g/mol. The molecule has 120 valence electrons. The van der Waals surface area contributed by atoms with Gasteiger partial charge in [-0.05, 0) is 24.3 Å². The van der Waals surface area contributed by atoms with Gasteiger partial charge in [-0.15, -0.1) is 0 Å². The molecular weight excluding hydrogens is 312 g/mol. The van der Waals surface area contributed by atoms with Crippen molar-refractivity contribution >= 4 is 23.2 Å². The minimum atomic E-state index is -0.833. The minimum Gasteiger partial charge on any atom is -0.361 e. The van der Waals surface area contributed by atoms with Gasteiger partial charge < -0.3 is 5.53 Å². The third-order valence-electron chi connectivity index (χ3n) is 3.28. The predicted octanol–water partition coefficient (Wildman–Crippen LogP) is 1.91. The summed E-state index contributed by atoms with van der Waals surface area (Å²) in [5.74, 6) is -1.40. The van der Waals surface area contributed by atoms with Crippen molar-refractivity contribution < 1.29 is 19.3 Å². The van der Waals surface area contributed by atoms with Crippen LogP contribution in [0.5, 0.6) is 0 Å².